The van der Waals surface area contributed by atoms with Crippen LogP contribution in [-0.4, -0.2) is 22.4 Å². The second-order valence-electron chi connectivity index (χ2n) is 2.57. The van der Waals surface area contributed by atoms with E-state index in [0.717, 1.165) is 0 Å². The fourth-order valence-electron chi connectivity index (χ4n) is 0.841. The molecule has 4 heteroatoms. The monoisotopic (exact) mass is 196 g/mol. The van der Waals surface area contributed by atoms with Gasteiger partial charge in [-0.05, 0) is 18.7 Å². The molecule has 0 aliphatic rings. The summed E-state index contributed by atoms with van der Waals surface area (Å²) in [6, 6.07) is 8.90. The molecule has 0 radical (unpaired) electrons. The number of hydrogen-bond acceptors (Lipinski definition) is 3. The van der Waals surface area contributed by atoms with Crippen molar-refractivity contribution in [1.29, 1.82) is 0 Å². The molecule has 0 aromatic heterocycles. The van der Waals surface area contributed by atoms with E-state index in [2.05, 4.69) is 0 Å². The molecule has 0 aliphatic heterocycles. The van der Waals surface area contributed by atoms with E-state index in [1.807, 2.05) is 6.07 Å². The van der Waals surface area contributed by atoms with Crippen molar-refractivity contribution in [2.24, 2.45) is 0 Å². The average molecular weight is 196 g/mol. The minimum Gasteiger partial charge on any atom is -0.493 e. The van der Waals surface area contributed by atoms with Gasteiger partial charge in [-0.1, -0.05) is 18.2 Å². The minimum absolute atomic E-state index is 0.304. The maximum atomic E-state index is 11.3. The van der Waals surface area contributed by atoms with Crippen LogP contribution in [0.25, 0.3) is 0 Å². The molecule has 0 saturated heterocycles. The van der Waals surface area contributed by atoms with E-state index in [-0.39, 0.29) is 5.97 Å². The van der Waals surface area contributed by atoms with E-state index in [0.29, 0.717) is 5.56 Å². The van der Waals surface area contributed by atoms with Crippen molar-refractivity contribution in [3.8, 4) is 0 Å². The van der Waals surface area contributed by atoms with Crippen molar-refractivity contribution < 1.29 is 13.6 Å². The lowest BCUT2D eigenvalue weighted by atomic mass is 10.2. The molecule has 0 saturated carbocycles. The molecule has 0 amide bonds. The molecule has 70 valence electrons. The van der Waals surface area contributed by atoms with Gasteiger partial charge in [0.2, 0.25) is 0 Å². The lowest BCUT2D eigenvalue weighted by molar-refractivity contribution is 0.0694. The van der Waals surface area contributed by atoms with E-state index in [1.54, 1.807) is 37.9 Å². The molecule has 0 aliphatic carbocycles. The Bertz CT molecular complexity index is 273. The molecule has 13 heavy (non-hydrogen) atoms. The standard InChI is InChI=1S/C9H12O3Si/c1-11-13(2)12-9(10)8-6-4-3-5-7-8/h3-7,13H,1-2H3. The van der Waals surface area contributed by atoms with Gasteiger partial charge in [-0.15, -0.1) is 0 Å². The Balaban J connectivity index is 2.59. The van der Waals surface area contributed by atoms with Gasteiger partial charge in [0.05, 0.1) is 5.56 Å². The predicted molar refractivity (Wildman–Crippen MR) is 51.9 cm³/mol. The van der Waals surface area contributed by atoms with Crippen LogP contribution in [0.15, 0.2) is 30.3 Å². The molecule has 1 aromatic rings. The van der Waals surface area contributed by atoms with Crippen LogP contribution in [0.3, 0.4) is 0 Å². The van der Waals surface area contributed by atoms with Crippen LogP contribution in [0, 0.1) is 0 Å². The third-order valence-electron chi connectivity index (χ3n) is 1.61. The van der Waals surface area contributed by atoms with Gasteiger partial charge in [-0.3, -0.25) is 0 Å². The fourth-order valence-corrected chi connectivity index (χ4v) is 1.37. The lowest BCUT2D eigenvalue weighted by Crippen LogP contribution is -2.21. The Hall–Kier alpha value is -1.13. The van der Waals surface area contributed by atoms with Gasteiger partial charge in [0.25, 0.3) is 0 Å². The Morgan fingerprint density at radius 3 is 2.46 bits per heavy atom. The zero-order chi connectivity index (χ0) is 9.68. The number of hydrogen-bond donors (Lipinski definition) is 0. The largest absolute Gasteiger partial charge is 0.493 e. The summed E-state index contributed by atoms with van der Waals surface area (Å²) in [7, 11) is -0.208. The Labute approximate surface area is 79.1 Å². The third-order valence-corrected chi connectivity index (χ3v) is 2.82. The molecule has 0 fully saturated rings. The van der Waals surface area contributed by atoms with Crippen LogP contribution in [0.2, 0.25) is 6.55 Å². The van der Waals surface area contributed by atoms with E-state index < -0.39 is 9.28 Å². The minimum atomic E-state index is -1.76. The molecule has 0 heterocycles. The van der Waals surface area contributed by atoms with Gasteiger partial charge in [0.15, 0.2) is 0 Å². The zero-order valence-electron chi connectivity index (χ0n) is 7.69. The van der Waals surface area contributed by atoms with E-state index >= 15 is 0 Å². The van der Waals surface area contributed by atoms with Gasteiger partial charge < -0.3 is 8.85 Å². The smallest absolute Gasteiger partial charge is 0.382 e. The molecule has 1 aromatic carbocycles. The predicted octanol–water partition coefficient (Wildman–Crippen LogP) is 1.34. The van der Waals surface area contributed by atoms with Crippen molar-refractivity contribution >= 4 is 15.3 Å². The van der Waals surface area contributed by atoms with Crippen molar-refractivity contribution in [1.82, 2.24) is 0 Å². The van der Waals surface area contributed by atoms with Crippen LogP contribution in [0.5, 0.6) is 0 Å². The van der Waals surface area contributed by atoms with Crippen molar-refractivity contribution in [3.63, 3.8) is 0 Å². The molecular formula is C9H12O3Si. The van der Waals surface area contributed by atoms with Gasteiger partial charge in [-0.25, -0.2) is 4.79 Å². The van der Waals surface area contributed by atoms with Crippen molar-refractivity contribution in [2.75, 3.05) is 7.11 Å². The summed E-state index contributed by atoms with van der Waals surface area (Å²) in [5.74, 6) is -0.304. The summed E-state index contributed by atoms with van der Waals surface area (Å²) < 4.78 is 10.0. The maximum Gasteiger partial charge on any atom is 0.382 e. The van der Waals surface area contributed by atoms with Crippen LogP contribution < -0.4 is 0 Å². The Morgan fingerprint density at radius 1 is 1.31 bits per heavy atom. The molecule has 0 bridgehead atoms. The highest BCUT2D eigenvalue weighted by atomic mass is 28.3. The van der Waals surface area contributed by atoms with E-state index in [9.17, 15) is 4.79 Å². The first kappa shape index (κ1) is 9.95. The molecule has 1 rings (SSSR count). The molecule has 3 nitrogen and oxygen atoms in total. The molecule has 1 atom stereocenters. The summed E-state index contributed by atoms with van der Waals surface area (Å²) in [6.07, 6.45) is 0. The zero-order valence-corrected chi connectivity index (χ0v) is 8.84. The van der Waals surface area contributed by atoms with Crippen LogP contribution in [-0.2, 0) is 8.85 Å². The number of carbonyl (C=O) groups excluding carboxylic acids is 1. The molecule has 0 spiro atoms. The second-order valence-corrected chi connectivity index (χ2v) is 4.42. The highest BCUT2D eigenvalue weighted by Gasteiger charge is 2.11. The van der Waals surface area contributed by atoms with Crippen LogP contribution in [0.4, 0.5) is 0 Å². The van der Waals surface area contributed by atoms with E-state index in [1.165, 1.54) is 0 Å². The topological polar surface area (TPSA) is 35.5 Å². The summed E-state index contributed by atoms with van der Waals surface area (Å²) in [6.45, 7) is 1.81. The number of benzene rings is 1. The summed E-state index contributed by atoms with van der Waals surface area (Å²) in [5.41, 5.74) is 0.568. The summed E-state index contributed by atoms with van der Waals surface area (Å²) >= 11 is 0. The van der Waals surface area contributed by atoms with Crippen LogP contribution >= 0.6 is 0 Å². The first-order chi connectivity index (χ1) is 6.24. The van der Waals surface area contributed by atoms with Crippen molar-refractivity contribution in [2.45, 2.75) is 6.55 Å². The fraction of sp³-hybridized carbons (Fsp3) is 0.222. The van der Waals surface area contributed by atoms with E-state index in [4.69, 9.17) is 8.85 Å². The first-order valence-electron chi connectivity index (χ1n) is 4.03. The lowest BCUT2D eigenvalue weighted by Gasteiger charge is -2.08. The third kappa shape index (κ3) is 3.00. The Kier molecular flexibility index (Phi) is 3.66. The highest BCUT2D eigenvalue weighted by molar-refractivity contribution is 6.45. The SMILES string of the molecule is CO[SiH](C)OC(=O)c1ccccc1. The van der Waals surface area contributed by atoms with Gasteiger partial charge >= 0.3 is 15.3 Å². The van der Waals surface area contributed by atoms with Gasteiger partial charge in [0.1, 0.15) is 0 Å². The summed E-state index contributed by atoms with van der Waals surface area (Å²) in [5, 5.41) is 0. The number of rotatable bonds is 3. The van der Waals surface area contributed by atoms with Gasteiger partial charge in [0, 0.05) is 7.11 Å². The second kappa shape index (κ2) is 4.79. The van der Waals surface area contributed by atoms with Crippen LogP contribution in [0.1, 0.15) is 10.4 Å². The highest BCUT2D eigenvalue weighted by Crippen LogP contribution is 2.02. The average Bonchev–Trinajstić information content (AvgIpc) is 2.19. The normalized spacial score (nSPS) is 12.2. The first-order valence-corrected chi connectivity index (χ1v) is 6.12. The quantitative estimate of drug-likeness (QED) is 0.684. The van der Waals surface area contributed by atoms with Gasteiger partial charge in [-0.2, -0.15) is 0 Å². The molecular weight excluding hydrogens is 184 g/mol. The maximum absolute atomic E-state index is 11.3. The molecule has 1 unspecified atom stereocenters. The molecule has 0 N–H and O–H groups in total. The summed E-state index contributed by atoms with van der Waals surface area (Å²) in [4.78, 5) is 11.3. The van der Waals surface area contributed by atoms with Crippen molar-refractivity contribution in [3.05, 3.63) is 35.9 Å². The Morgan fingerprint density at radius 2 is 1.92 bits per heavy atom. The number of carbonyl (C=O) groups is 1.